The Hall–Kier alpha value is -2.93. The largest absolute Gasteiger partial charge is 0.507 e. The number of benzene rings is 2. The van der Waals surface area contributed by atoms with Gasteiger partial charge in [-0.2, -0.15) is 14.9 Å². The van der Waals surface area contributed by atoms with Crippen molar-refractivity contribution < 1.29 is 9.84 Å². The molecule has 2 N–H and O–H groups in total. The smallest absolute Gasteiger partial charge is 0.216 e. The number of aromatic nitrogens is 3. The van der Waals surface area contributed by atoms with Gasteiger partial charge >= 0.3 is 0 Å². The highest BCUT2D eigenvalue weighted by Crippen LogP contribution is 2.28. The van der Waals surface area contributed by atoms with E-state index in [4.69, 9.17) is 17.0 Å². The molecule has 0 amide bonds. The number of nitrogens with one attached hydrogen (secondary N) is 1. The van der Waals surface area contributed by atoms with Crippen LogP contribution in [0.25, 0.3) is 11.4 Å². The Kier molecular flexibility index (Phi) is 4.20. The van der Waals surface area contributed by atoms with E-state index < -0.39 is 0 Å². The molecule has 6 nitrogen and oxygen atoms in total. The number of methoxy groups -OCH3 is 1. The minimum Gasteiger partial charge on any atom is -0.507 e. The van der Waals surface area contributed by atoms with Crippen molar-refractivity contribution in [1.82, 2.24) is 14.9 Å². The first-order valence-corrected chi connectivity index (χ1v) is 7.24. The molecule has 0 saturated heterocycles. The molecule has 23 heavy (non-hydrogen) atoms. The Balaban J connectivity index is 2.07. The number of aromatic hydroxyl groups is 1. The number of phenols is 1. The molecule has 116 valence electrons. The lowest BCUT2D eigenvalue weighted by atomic mass is 10.2. The SMILES string of the molecule is COc1ccccc1-c1n[nH]c(=S)n1/N=C/c1ccccc1O. The van der Waals surface area contributed by atoms with Gasteiger partial charge in [0.2, 0.25) is 4.77 Å². The fraction of sp³-hybridized carbons (Fsp3) is 0.0625. The molecule has 0 fully saturated rings. The second-order valence-electron chi connectivity index (χ2n) is 4.67. The number of H-pyrrole nitrogens is 1. The van der Waals surface area contributed by atoms with Crippen LogP contribution in [0.3, 0.4) is 0 Å². The van der Waals surface area contributed by atoms with E-state index in [0.717, 1.165) is 5.56 Å². The number of rotatable bonds is 4. The molecule has 0 radical (unpaired) electrons. The van der Waals surface area contributed by atoms with E-state index in [9.17, 15) is 5.11 Å². The Morgan fingerprint density at radius 3 is 2.74 bits per heavy atom. The zero-order chi connectivity index (χ0) is 16.2. The third-order valence-electron chi connectivity index (χ3n) is 3.25. The van der Waals surface area contributed by atoms with Crippen molar-refractivity contribution >= 4 is 18.4 Å². The third-order valence-corrected chi connectivity index (χ3v) is 3.51. The Morgan fingerprint density at radius 2 is 1.96 bits per heavy atom. The first-order chi connectivity index (χ1) is 11.2. The summed E-state index contributed by atoms with van der Waals surface area (Å²) in [6, 6.07) is 14.4. The quantitative estimate of drug-likeness (QED) is 0.570. The molecule has 3 aromatic rings. The van der Waals surface area contributed by atoms with E-state index in [2.05, 4.69) is 15.3 Å². The van der Waals surface area contributed by atoms with E-state index >= 15 is 0 Å². The summed E-state index contributed by atoms with van der Waals surface area (Å²) in [6.07, 6.45) is 1.53. The Labute approximate surface area is 137 Å². The topological polar surface area (TPSA) is 75.4 Å². The number of hydrogen-bond acceptors (Lipinski definition) is 5. The maximum Gasteiger partial charge on any atom is 0.216 e. The number of aromatic amines is 1. The molecule has 0 unspecified atom stereocenters. The molecule has 0 aliphatic carbocycles. The lowest BCUT2D eigenvalue weighted by Crippen LogP contribution is -1.97. The molecule has 2 aromatic carbocycles. The van der Waals surface area contributed by atoms with Crippen molar-refractivity contribution in [2.24, 2.45) is 5.10 Å². The first kappa shape index (κ1) is 15.0. The summed E-state index contributed by atoms with van der Waals surface area (Å²) in [5.74, 6) is 1.34. The van der Waals surface area contributed by atoms with Crippen LogP contribution in [-0.4, -0.2) is 33.3 Å². The zero-order valence-corrected chi connectivity index (χ0v) is 13.1. The Bertz CT molecular complexity index is 914. The highest BCUT2D eigenvalue weighted by Gasteiger charge is 2.12. The first-order valence-electron chi connectivity index (χ1n) is 6.84. The van der Waals surface area contributed by atoms with Gasteiger partial charge in [0.15, 0.2) is 5.82 Å². The molecule has 0 saturated carbocycles. The molecule has 1 aromatic heterocycles. The third kappa shape index (κ3) is 3.00. The van der Waals surface area contributed by atoms with E-state index in [1.54, 1.807) is 25.3 Å². The monoisotopic (exact) mass is 326 g/mol. The second kappa shape index (κ2) is 6.45. The Morgan fingerprint density at radius 1 is 1.22 bits per heavy atom. The standard InChI is InChI=1S/C16H14N4O2S/c1-22-14-9-5-3-7-12(14)15-18-19-16(23)20(15)17-10-11-6-2-4-8-13(11)21/h2-10,21H,1H3,(H,19,23)/b17-10+. The summed E-state index contributed by atoms with van der Waals surface area (Å²) in [5, 5.41) is 21.1. The normalized spacial score (nSPS) is 11.0. The van der Waals surface area contributed by atoms with Gasteiger partial charge in [-0.1, -0.05) is 24.3 Å². The average molecular weight is 326 g/mol. The van der Waals surface area contributed by atoms with Gasteiger partial charge in [-0.05, 0) is 36.5 Å². The molecule has 0 spiro atoms. The number of ether oxygens (including phenoxy) is 1. The lowest BCUT2D eigenvalue weighted by Gasteiger charge is -2.06. The predicted octanol–water partition coefficient (Wildman–Crippen LogP) is 3.20. The molecule has 3 rings (SSSR count). The van der Waals surface area contributed by atoms with Gasteiger partial charge in [-0.15, -0.1) is 0 Å². The van der Waals surface area contributed by atoms with Crippen LogP contribution in [0, 0.1) is 4.77 Å². The van der Waals surface area contributed by atoms with Crippen LogP contribution in [0.5, 0.6) is 11.5 Å². The van der Waals surface area contributed by atoms with Crippen LogP contribution in [0.1, 0.15) is 5.56 Å². The fourth-order valence-electron chi connectivity index (χ4n) is 2.12. The van der Waals surface area contributed by atoms with Crippen molar-refractivity contribution in [2.45, 2.75) is 0 Å². The summed E-state index contributed by atoms with van der Waals surface area (Å²) in [7, 11) is 1.59. The van der Waals surface area contributed by atoms with E-state index in [1.165, 1.54) is 10.9 Å². The van der Waals surface area contributed by atoms with Gasteiger partial charge in [-0.3, -0.25) is 0 Å². The van der Waals surface area contributed by atoms with Crippen molar-refractivity contribution in [2.75, 3.05) is 7.11 Å². The van der Waals surface area contributed by atoms with E-state index in [1.807, 2.05) is 30.3 Å². The molecule has 7 heteroatoms. The maximum absolute atomic E-state index is 9.81. The van der Waals surface area contributed by atoms with Crippen LogP contribution >= 0.6 is 12.2 Å². The second-order valence-corrected chi connectivity index (χ2v) is 5.05. The summed E-state index contributed by atoms with van der Waals surface area (Å²) in [5.41, 5.74) is 1.35. The van der Waals surface area contributed by atoms with Gasteiger partial charge in [0, 0.05) is 5.56 Å². The molecule has 0 atom stereocenters. The molecule has 0 aliphatic heterocycles. The van der Waals surface area contributed by atoms with Crippen molar-refractivity contribution in [1.29, 1.82) is 0 Å². The van der Waals surface area contributed by atoms with Crippen LogP contribution in [0.2, 0.25) is 0 Å². The van der Waals surface area contributed by atoms with E-state index in [0.29, 0.717) is 21.9 Å². The zero-order valence-electron chi connectivity index (χ0n) is 12.3. The average Bonchev–Trinajstić information content (AvgIpc) is 2.95. The maximum atomic E-state index is 9.81. The minimum atomic E-state index is 0.144. The number of hydrogen-bond donors (Lipinski definition) is 2. The molecule has 1 heterocycles. The van der Waals surface area contributed by atoms with Crippen LogP contribution < -0.4 is 4.74 Å². The highest BCUT2D eigenvalue weighted by atomic mass is 32.1. The highest BCUT2D eigenvalue weighted by molar-refractivity contribution is 7.71. The number of phenolic OH excluding ortho intramolecular Hbond substituents is 1. The molecular formula is C16H14N4O2S. The summed E-state index contributed by atoms with van der Waals surface area (Å²) < 4.78 is 7.18. The van der Waals surface area contributed by atoms with Crippen molar-refractivity contribution in [3.63, 3.8) is 0 Å². The minimum absolute atomic E-state index is 0.144. The summed E-state index contributed by atoms with van der Waals surface area (Å²) in [6.45, 7) is 0. The van der Waals surface area contributed by atoms with Gasteiger partial charge in [0.25, 0.3) is 0 Å². The van der Waals surface area contributed by atoms with Gasteiger partial charge in [-0.25, -0.2) is 5.10 Å². The van der Waals surface area contributed by atoms with Gasteiger partial charge in [0.1, 0.15) is 11.5 Å². The van der Waals surface area contributed by atoms with Crippen molar-refractivity contribution in [3.8, 4) is 22.9 Å². The number of nitrogens with zero attached hydrogens (tertiary/aromatic N) is 3. The number of para-hydroxylation sites is 2. The van der Waals surface area contributed by atoms with Crippen LogP contribution in [-0.2, 0) is 0 Å². The predicted molar refractivity (Wildman–Crippen MR) is 90.5 cm³/mol. The molecular weight excluding hydrogens is 312 g/mol. The van der Waals surface area contributed by atoms with Gasteiger partial charge in [0.05, 0.1) is 18.9 Å². The molecule has 0 aliphatic rings. The van der Waals surface area contributed by atoms with E-state index in [-0.39, 0.29) is 5.75 Å². The fourth-order valence-corrected chi connectivity index (χ4v) is 2.30. The van der Waals surface area contributed by atoms with Crippen LogP contribution in [0.15, 0.2) is 53.6 Å². The van der Waals surface area contributed by atoms with Crippen LogP contribution in [0.4, 0.5) is 0 Å². The van der Waals surface area contributed by atoms with Crippen molar-refractivity contribution in [3.05, 3.63) is 58.9 Å². The summed E-state index contributed by atoms with van der Waals surface area (Å²) in [4.78, 5) is 0. The van der Waals surface area contributed by atoms with Gasteiger partial charge < -0.3 is 9.84 Å². The summed E-state index contributed by atoms with van der Waals surface area (Å²) >= 11 is 5.23. The molecule has 0 bridgehead atoms. The lowest BCUT2D eigenvalue weighted by molar-refractivity contribution is 0.416.